The van der Waals surface area contributed by atoms with E-state index in [1.807, 2.05) is 0 Å². The molecule has 0 radical (unpaired) electrons. The summed E-state index contributed by atoms with van der Waals surface area (Å²) in [6.07, 6.45) is 5.22. The van der Waals surface area contributed by atoms with E-state index < -0.39 is 17.5 Å². The number of hydrogen-bond acceptors (Lipinski definition) is 4. The topological polar surface area (TPSA) is 58.1 Å². The zero-order chi connectivity index (χ0) is 16.1. The molecule has 0 spiro atoms. The maximum absolute atomic E-state index is 13.4. The zero-order valence-electron chi connectivity index (χ0n) is 12.0. The van der Waals surface area contributed by atoms with E-state index >= 15 is 0 Å². The minimum Gasteiger partial charge on any atom is -0.347 e. The smallest absolute Gasteiger partial charge is 0.248 e. The first kappa shape index (κ1) is 15.6. The number of nitrogens with one attached hydrogen (secondary N) is 1. The van der Waals surface area contributed by atoms with E-state index in [-0.39, 0.29) is 5.56 Å². The summed E-state index contributed by atoms with van der Waals surface area (Å²) < 4.78 is 26.4. The Morgan fingerprint density at radius 2 is 1.91 bits per heavy atom. The summed E-state index contributed by atoms with van der Waals surface area (Å²) in [4.78, 5) is 21.5. The minimum atomic E-state index is -0.607. The fourth-order valence-electron chi connectivity index (χ4n) is 1.61. The molecule has 0 saturated carbocycles. The molecule has 0 aliphatic rings. The summed E-state index contributed by atoms with van der Waals surface area (Å²) in [6, 6.07) is 3.02. The number of benzene rings is 1. The standard InChI is InChI=1S/C15H14F2N4O/c1-21(2)15-18-8-12(9-19-15)20-14(22)6-3-10-7-11(16)4-5-13(10)17/h3-9H,1-2H3,(H,20,22)/b6-3+. The molecule has 0 saturated heterocycles. The number of anilines is 2. The molecule has 1 aromatic heterocycles. The van der Waals surface area contributed by atoms with Gasteiger partial charge in [-0.25, -0.2) is 18.7 Å². The van der Waals surface area contributed by atoms with Crippen molar-refractivity contribution in [3.8, 4) is 0 Å². The first-order valence-electron chi connectivity index (χ1n) is 6.39. The van der Waals surface area contributed by atoms with Gasteiger partial charge < -0.3 is 10.2 Å². The second-order valence-electron chi connectivity index (χ2n) is 4.65. The van der Waals surface area contributed by atoms with Crippen LogP contribution in [0.3, 0.4) is 0 Å². The van der Waals surface area contributed by atoms with Gasteiger partial charge in [0.05, 0.1) is 18.1 Å². The third-order valence-electron chi connectivity index (χ3n) is 2.68. The monoisotopic (exact) mass is 304 g/mol. The van der Waals surface area contributed by atoms with Gasteiger partial charge in [0, 0.05) is 25.7 Å². The van der Waals surface area contributed by atoms with Crippen LogP contribution in [-0.2, 0) is 4.79 Å². The molecule has 7 heteroatoms. The number of hydrogen-bond donors (Lipinski definition) is 1. The lowest BCUT2D eigenvalue weighted by Gasteiger charge is -2.09. The van der Waals surface area contributed by atoms with Gasteiger partial charge >= 0.3 is 0 Å². The van der Waals surface area contributed by atoms with Crippen molar-refractivity contribution in [3.05, 3.63) is 53.9 Å². The molecular formula is C15H14F2N4O. The molecule has 0 unspecified atom stereocenters. The number of aromatic nitrogens is 2. The van der Waals surface area contributed by atoms with Crippen LogP contribution < -0.4 is 10.2 Å². The predicted octanol–water partition coefficient (Wildman–Crippen LogP) is 2.47. The van der Waals surface area contributed by atoms with Crippen LogP contribution in [0, 0.1) is 11.6 Å². The number of halogens is 2. The van der Waals surface area contributed by atoms with Crippen molar-refractivity contribution in [3.63, 3.8) is 0 Å². The van der Waals surface area contributed by atoms with Crippen LogP contribution in [0.4, 0.5) is 20.4 Å². The number of nitrogens with zero attached hydrogens (tertiary/aromatic N) is 3. The summed E-state index contributed by atoms with van der Waals surface area (Å²) in [5.74, 6) is -1.17. The van der Waals surface area contributed by atoms with Crippen LogP contribution in [0.15, 0.2) is 36.7 Å². The number of rotatable bonds is 4. The quantitative estimate of drug-likeness (QED) is 0.882. The van der Waals surface area contributed by atoms with E-state index in [0.717, 1.165) is 24.3 Å². The van der Waals surface area contributed by atoms with Gasteiger partial charge in [-0.15, -0.1) is 0 Å². The van der Waals surface area contributed by atoms with Crippen molar-refractivity contribution in [1.82, 2.24) is 9.97 Å². The fraction of sp³-hybridized carbons (Fsp3) is 0.133. The lowest BCUT2D eigenvalue weighted by atomic mass is 10.2. The maximum Gasteiger partial charge on any atom is 0.248 e. The van der Waals surface area contributed by atoms with Crippen molar-refractivity contribution in [2.75, 3.05) is 24.3 Å². The molecule has 2 aromatic rings. The summed E-state index contributed by atoms with van der Waals surface area (Å²) >= 11 is 0. The fourth-order valence-corrected chi connectivity index (χ4v) is 1.61. The number of amides is 1. The van der Waals surface area contributed by atoms with E-state index in [1.54, 1.807) is 19.0 Å². The summed E-state index contributed by atoms with van der Waals surface area (Å²) in [6.45, 7) is 0. The van der Waals surface area contributed by atoms with E-state index in [4.69, 9.17) is 0 Å². The summed E-state index contributed by atoms with van der Waals surface area (Å²) in [5, 5.41) is 2.53. The average Bonchev–Trinajstić information content (AvgIpc) is 2.49. The van der Waals surface area contributed by atoms with E-state index in [1.165, 1.54) is 18.5 Å². The molecule has 0 atom stereocenters. The number of carbonyl (C=O) groups is 1. The Bertz CT molecular complexity index is 699. The molecule has 2 rings (SSSR count). The molecule has 1 aromatic carbocycles. The van der Waals surface area contributed by atoms with Gasteiger partial charge in [-0.1, -0.05) is 0 Å². The van der Waals surface area contributed by atoms with E-state index in [9.17, 15) is 13.6 Å². The van der Waals surface area contributed by atoms with Crippen molar-refractivity contribution in [2.45, 2.75) is 0 Å². The molecule has 1 N–H and O–H groups in total. The average molecular weight is 304 g/mol. The van der Waals surface area contributed by atoms with E-state index in [0.29, 0.717) is 11.6 Å². The van der Waals surface area contributed by atoms with Gasteiger partial charge in [0.1, 0.15) is 11.6 Å². The van der Waals surface area contributed by atoms with Crippen molar-refractivity contribution in [1.29, 1.82) is 0 Å². The zero-order valence-corrected chi connectivity index (χ0v) is 12.0. The van der Waals surface area contributed by atoms with Gasteiger partial charge in [-0.2, -0.15) is 0 Å². The van der Waals surface area contributed by atoms with Crippen LogP contribution in [0.2, 0.25) is 0 Å². The second-order valence-corrected chi connectivity index (χ2v) is 4.65. The van der Waals surface area contributed by atoms with Crippen LogP contribution in [0.25, 0.3) is 6.08 Å². The van der Waals surface area contributed by atoms with Gasteiger partial charge in [0.2, 0.25) is 11.9 Å². The normalized spacial score (nSPS) is 10.7. The Hall–Kier alpha value is -2.83. The molecule has 114 valence electrons. The largest absolute Gasteiger partial charge is 0.347 e. The molecule has 0 aliphatic carbocycles. The maximum atomic E-state index is 13.4. The molecular weight excluding hydrogens is 290 g/mol. The summed E-state index contributed by atoms with van der Waals surface area (Å²) in [7, 11) is 3.59. The number of carbonyl (C=O) groups excluding carboxylic acids is 1. The van der Waals surface area contributed by atoms with E-state index in [2.05, 4.69) is 15.3 Å². The lowest BCUT2D eigenvalue weighted by molar-refractivity contribution is -0.111. The molecule has 22 heavy (non-hydrogen) atoms. The van der Waals surface area contributed by atoms with Crippen LogP contribution in [0.5, 0.6) is 0 Å². The Labute approximate surface area is 126 Å². The van der Waals surface area contributed by atoms with Crippen LogP contribution in [-0.4, -0.2) is 30.0 Å². The predicted molar refractivity (Wildman–Crippen MR) is 80.4 cm³/mol. The Morgan fingerprint density at radius 3 is 2.55 bits per heavy atom. The second kappa shape index (κ2) is 6.75. The Morgan fingerprint density at radius 1 is 1.23 bits per heavy atom. The molecule has 1 amide bonds. The highest BCUT2D eigenvalue weighted by atomic mass is 19.1. The first-order valence-corrected chi connectivity index (χ1v) is 6.39. The Kier molecular flexibility index (Phi) is 4.77. The SMILES string of the molecule is CN(C)c1ncc(NC(=O)/C=C/c2cc(F)ccc2F)cn1. The third-order valence-corrected chi connectivity index (χ3v) is 2.68. The third kappa shape index (κ3) is 4.08. The highest BCUT2D eigenvalue weighted by Crippen LogP contribution is 2.12. The highest BCUT2D eigenvalue weighted by molar-refractivity contribution is 6.01. The van der Waals surface area contributed by atoms with Crippen LogP contribution in [0.1, 0.15) is 5.56 Å². The summed E-state index contributed by atoms with van der Waals surface area (Å²) in [5.41, 5.74) is 0.398. The molecule has 0 aliphatic heterocycles. The van der Waals surface area contributed by atoms with Gasteiger partial charge in [0.15, 0.2) is 0 Å². The Balaban J connectivity index is 2.03. The highest BCUT2D eigenvalue weighted by Gasteiger charge is 2.04. The first-order chi connectivity index (χ1) is 10.5. The molecule has 5 nitrogen and oxygen atoms in total. The van der Waals surface area contributed by atoms with Crippen molar-refractivity contribution >= 4 is 23.6 Å². The van der Waals surface area contributed by atoms with Gasteiger partial charge in [-0.3, -0.25) is 4.79 Å². The van der Waals surface area contributed by atoms with Crippen molar-refractivity contribution in [2.24, 2.45) is 0 Å². The van der Waals surface area contributed by atoms with Gasteiger partial charge in [0.25, 0.3) is 0 Å². The minimum absolute atomic E-state index is 0.00523. The lowest BCUT2D eigenvalue weighted by Crippen LogP contribution is -2.13. The molecule has 0 bridgehead atoms. The van der Waals surface area contributed by atoms with Crippen LogP contribution >= 0.6 is 0 Å². The van der Waals surface area contributed by atoms with Crippen molar-refractivity contribution < 1.29 is 13.6 Å². The molecule has 0 fully saturated rings. The molecule has 1 heterocycles. The van der Waals surface area contributed by atoms with Gasteiger partial charge in [-0.05, 0) is 24.3 Å².